The normalized spacial score (nSPS) is 11.1. The van der Waals surface area contributed by atoms with E-state index in [-0.39, 0.29) is 88.6 Å². The van der Waals surface area contributed by atoms with Gasteiger partial charge in [0.1, 0.15) is 26.0 Å². The minimum Gasteiger partial charge on any atom is -0.744 e. The summed E-state index contributed by atoms with van der Waals surface area (Å²) in [4.78, 5) is 22.1. The first-order valence-electron chi connectivity index (χ1n) is 8.82. The Bertz CT molecular complexity index is 1210. The molecule has 0 saturated carbocycles. The van der Waals surface area contributed by atoms with Gasteiger partial charge in [0.15, 0.2) is 5.78 Å². The first-order valence-corrected chi connectivity index (χ1v) is 11.6. The van der Waals surface area contributed by atoms with Crippen molar-refractivity contribution in [1.82, 2.24) is 0 Å². The van der Waals surface area contributed by atoms with Crippen molar-refractivity contribution in [3.05, 3.63) is 42.0 Å². The number of hydrogen-bond acceptors (Lipinski definition) is 9. The fourth-order valence-corrected chi connectivity index (χ4v) is 4.02. The Morgan fingerprint density at radius 1 is 0.844 bits per heavy atom. The monoisotopic (exact) mass is 500 g/mol. The van der Waals surface area contributed by atoms with Gasteiger partial charge in [0.2, 0.25) is 0 Å². The van der Waals surface area contributed by atoms with Crippen molar-refractivity contribution in [3.8, 4) is 16.9 Å². The van der Waals surface area contributed by atoms with E-state index >= 15 is 0 Å². The predicted molar refractivity (Wildman–Crippen MR) is 103 cm³/mol. The number of rotatable bonds is 8. The van der Waals surface area contributed by atoms with Crippen molar-refractivity contribution >= 4 is 32.0 Å². The van der Waals surface area contributed by atoms with Gasteiger partial charge in [0.25, 0.3) is 0 Å². The number of carbonyl (C=O) groups is 2. The quantitative estimate of drug-likeness (QED) is 0.118. The van der Waals surface area contributed by atoms with Crippen LogP contribution in [0.5, 0.6) is 5.75 Å². The van der Waals surface area contributed by atoms with Crippen LogP contribution in [-0.2, 0) is 25.0 Å². The fourth-order valence-electron chi connectivity index (χ4n) is 2.67. The van der Waals surface area contributed by atoms with Gasteiger partial charge in [-0.3, -0.25) is 9.59 Å². The average Bonchev–Trinajstić information content (AvgIpc) is 2.66. The van der Waals surface area contributed by atoms with Crippen LogP contribution in [0.4, 0.5) is 0 Å². The first-order chi connectivity index (χ1) is 13.9. The molecule has 0 N–H and O–H groups in total. The standard InChI is InChI=1S/C19H20O9S2.2Na/c1-3-5-19(21)28-16-9-7-13(11-18(16)30(25,26)27)12-6-8-14(15(20)4-2)17(10-12)29(22,23)24;;/h6-11H,3-5H2,1-2H3,(H,22,23,24)(H,25,26,27);;/q;2*+1/p-2. The minimum absolute atomic E-state index is 0. The molecule has 0 aliphatic heterocycles. The number of esters is 1. The van der Waals surface area contributed by atoms with E-state index < -0.39 is 47.5 Å². The molecule has 0 aromatic heterocycles. The molecule has 9 nitrogen and oxygen atoms in total. The number of Topliss-reactive ketones (excluding diaryl/α,β-unsaturated/α-hetero) is 1. The van der Waals surface area contributed by atoms with Gasteiger partial charge < -0.3 is 13.8 Å². The van der Waals surface area contributed by atoms with Gasteiger partial charge >= 0.3 is 65.1 Å². The number of benzene rings is 2. The van der Waals surface area contributed by atoms with Gasteiger partial charge in [-0.1, -0.05) is 26.0 Å². The molecule has 0 atom stereocenters. The second kappa shape index (κ2) is 12.7. The molecule has 13 heteroatoms. The van der Waals surface area contributed by atoms with Crippen molar-refractivity contribution in [2.75, 3.05) is 0 Å². The second-order valence-corrected chi connectivity index (χ2v) is 8.98. The van der Waals surface area contributed by atoms with Gasteiger partial charge in [0.05, 0.1) is 9.79 Å². The van der Waals surface area contributed by atoms with Crippen molar-refractivity contribution in [2.45, 2.75) is 42.9 Å². The number of carbonyl (C=O) groups excluding carboxylic acids is 2. The molecule has 0 aliphatic carbocycles. The molecule has 0 heterocycles. The van der Waals surface area contributed by atoms with E-state index in [1.807, 2.05) is 0 Å². The molecule has 2 aromatic rings. The summed E-state index contributed by atoms with van der Waals surface area (Å²) in [5.41, 5.74) is -0.133. The molecular formula is C19H18Na2O9S2. The first kappa shape index (κ1) is 31.4. The molecule has 0 aliphatic rings. The van der Waals surface area contributed by atoms with Crippen molar-refractivity contribution in [1.29, 1.82) is 0 Å². The zero-order chi connectivity index (χ0) is 22.7. The molecule has 0 spiro atoms. The third-order valence-electron chi connectivity index (χ3n) is 4.10. The van der Waals surface area contributed by atoms with E-state index in [1.54, 1.807) is 6.92 Å². The molecule has 32 heavy (non-hydrogen) atoms. The summed E-state index contributed by atoms with van der Waals surface area (Å²) < 4.78 is 74.7. The Hall–Kier alpha value is -0.600. The summed E-state index contributed by atoms with van der Waals surface area (Å²) in [6.45, 7) is 3.21. The van der Waals surface area contributed by atoms with E-state index in [2.05, 4.69) is 0 Å². The van der Waals surface area contributed by atoms with Crippen LogP contribution in [0.3, 0.4) is 0 Å². The van der Waals surface area contributed by atoms with Gasteiger partial charge in [0, 0.05) is 18.4 Å². The Kier molecular flexibility index (Phi) is 12.5. The number of ether oxygens (including phenoxy) is 1. The van der Waals surface area contributed by atoms with Crippen LogP contribution < -0.4 is 63.9 Å². The van der Waals surface area contributed by atoms with Gasteiger partial charge in [-0.2, -0.15) is 0 Å². The van der Waals surface area contributed by atoms with Crippen LogP contribution in [0.15, 0.2) is 46.2 Å². The summed E-state index contributed by atoms with van der Waals surface area (Å²) in [5.74, 6) is -1.74. The van der Waals surface area contributed by atoms with Crippen molar-refractivity contribution < 1.29 is 99.4 Å². The molecule has 0 bridgehead atoms. The topological polar surface area (TPSA) is 158 Å². The van der Waals surface area contributed by atoms with E-state index in [0.717, 1.165) is 24.3 Å². The Morgan fingerprint density at radius 3 is 1.81 bits per heavy atom. The third kappa shape index (κ3) is 8.01. The Morgan fingerprint density at radius 2 is 1.34 bits per heavy atom. The van der Waals surface area contributed by atoms with Gasteiger partial charge in [-0.25, -0.2) is 16.8 Å². The maximum absolute atomic E-state index is 11.9. The van der Waals surface area contributed by atoms with Crippen molar-refractivity contribution in [3.63, 3.8) is 0 Å². The van der Waals surface area contributed by atoms with Crippen LogP contribution >= 0.6 is 0 Å². The summed E-state index contributed by atoms with van der Waals surface area (Å²) in [6, 6.07) is 6.69. The molecule has 0 saturated heterocycles. The number of hydrogen-bond donors (Lipinski definition) is 0. The van der Waals surface area contributed by atoms with Crippen LogP contribution in [0.1, 0.15) is 43.5 Å². The van der Waals surface area contributed by atoms with E-state index in [4.69, 9.17) is 4.74 Å². The summed E-state index contributed by atoms with van der Waals surface area (Å²) in [5, 5.41) is 0. The van der Waals surface area contributed by atoms with E-state index in [0.29, 0.717) is 6.42 Å². The smallest absolute Gasteiger partial charge is 0.744 e. The summed E-state index contributed by atoms with van der Waals surface area (Å²) >= 11 is 0. The molecule has 0 radical (unpaired) electrons. The van der Waals surface area contributed by atoms with Crippen LogP contribution in [0.25, 0.3) is 11.1 Å². The van der Waals surface area contributed by atoms with Crippen molar-refractivity contribution in [2.24, 2.45) is 0 Å². The zero-order valence-electron chi connectivity index (χ0n) is 18.1. The molecule has 0 unspecified atom stereocenters. The summed E-state index contributed by atoms with van der Waals surface area (Å²) in [7, 11) is -10.1. The maximum Gasteiger partial charge on any atom is 1.00 e. The minimum atomic E-state index is -5.05. The van der Waals surface area contributed by atoms with Crippen LogP contribution in [-0.4, -0.2) is 37.7 Å². The third-order valence-corrected chi connectivity index (χ3v) is 5.83. The Balaban J connectivity index is 0.00000480. The predicted octanol–water partition coefficient (Wildman–Crippen LogP) is -3.53. The summed E-state index contributed by atoms with van der Waals surface area (Å²) in [6.07, 6.45) is 0.432. The Labute approximate surface area is 231 Å². The number of ketones is 1. The molecule has 0 fully saturated rings. The molecule has 162 valence electrons. The van der Waals surface area contributed by atoms with Crippen LogP contribution in [0, 0.1) is 0 Å². The SMILES string of the molecule is CCCC(=O)Oc1ccc(-c2ccc(C(=O)CC)c(S(=O)(=O)[O-])c2)cc1S(=O)(=O)[O-].[Na+].[Na+]. The molecular weight excluding hydrogens is 482 g/mol. The fraction of sp³-hybridized carbons (Fsp3) is 0.263. The zero-order valence-corrected chi connectivity index (χ0v) is 23.7. The average molecular weight is 500 g/mol. The molecule has 0 amide bonds. The largest absolute Gasteiger partial charge is 1.00 e. The van der Waals surface area contributed by atoms with Gasteiger partial charge in [-0.05, 0) is 41.8 Å². The van der Waals surface area contributed by atoms with Gasteiger partial charge in [-0.15, -0.1) is 0 Å². The second-order valence-electron chi connectivity index (χ2n) is 6.28. The molecule has 2 rings (SSSR count). The molecule has 2 aromatic carbocycles. The van der Waals surface area contributed by atoms with E-state index in [1.165, 1.54) is 19.1 Å². The van der Waals surface area contributed by atoms with Crippen LogP contribution in [0.2, 0.25) is 0 Å². The maximum atomic E-state index is 11.9. The van der Waals surface area contributed by atoms with E-state index in [9.17, 15) is 35.5 Å².